The van der Waals surface area contributed by atoms with E-state index in [1.807, 2.05) is 29.1 Å². The minimum Gasteiger partial charge on any atom is -0.394 e. The third-order valence-corrected chi connectivity index (χ3v) is 2.69. The van der Waals surface area contributed by atoms with Gasteiger partial charge in [-0.05, 0) is 23.8 Å². The zero-order chi connectivity index (χ0) is 13.3. The van der Waals surface area contributed by atoms with Gasteiger partial charge in [0.15, 0.2) is 0 Å². The zero-order valence-electron chi connectivity index (χ0n) is 10.8. The Morgan fingerprint density at radius 3 is 2.74 bits per heavy atom. The number of aromatic nitrogens is 2. The molecule has 0 atom stereocenters. The van der Waals surface area contributed by atoms with Crippen LogP contribution < -0.4 is 5.32 Å². The van der Waals surface area contributed by atoms with Crippen molar-refractivity contribution in [1.82, 2.24) is 15.1 Å². The van der Waals surface area contributed by atoms with Crippen molar-refractivity contribution in [3.05, 3.63) is 48.3 Å². The molecule has 0 spiro atoms. The van der Waals surface area contributed by atoms with Crippen LogP contribution in [0.2, 0.25) is 0 Å². The van der Waals surface area contributed by atoms with Gasteiger partial charge in [-0.2, -0.15) is 5.10 Å². The highest BCUT2D eigenvalue weighted by molar-refractivity contribution is 5.33. The first kappa shape index (κ1) is 13.7. The third-order valence-electron chi connectivity index (χ3n) is 2.69. The average Bonchev–Trinajstić information content (AvgIpc) is 2.97. The molecular weight excluding hydrogens is 242 g/mol. The van der Waals surface area contributed by atoms with Crippen molar-refractivity contribution < 1.29 is 9.84 Å². The van der Waals surface area contributed by atoms with E-state index in [1.165, 1.54) is 5.56 Å². The Kier molecular flexibility index (Phi) is 5.55. The molecule has 0 saturated heterocycles. The van der Waals surface area contributed by atoms with E-state index in [1.54, 1.807) is 6.20 Å². The van der Waals surface area contributed by atoms with Crippen molar-refractivity contribution in [3.63, 3.8) is 0 Å². The molecule has 0 aliphatic rings. The van der Waals surface area contributed by atoms with Crippen molar-refractivity contribution in [3.8, 4) is 5.69 Å². The van der Waals surface area contributed by atoms with Crippen LogP contribution in [0, 0.1) is 0 Å². The predicted octanol–water partition coefficient (Wildman–Crippen LogP) is 0.971. The van der Waals surface area contributed by atoms with E-state index in [0.717, 1.165) is 18.8 Å². The summed E-state index contributed by atoms with van der Waals surface area (Å²) in [6.45, 7) is 2.68. The molecule has 2 aromatic rings. The second-order valence-electron chi connectivity index (χ2n) is 4.13. The van der Waals surface area contributed by atoms with Crippen molar-refractivity contribution in [2.45, 2.75) is 6.54 Å². The van der Waals surface area contributed by atoms with Crippen LogP contribution in [0.1, 0.15) is 5.56 Å². The Bertz CT molecular complexity index is 454. The first-order chi connectivity index (χ1) is 9.40. The van der Waals surface area contributed by atoms with Crippen LogP contribution in [-0.4, -0.2) is 41.3 Å². The number of ether oxygens (including phenoxy) is 1. The molecule has 0 aliphatic heterocycles. The number of nitrogens with zero attached hydrogens (tertiary/aromatic N) is 2. The number of aliphatic hydroxyl groups is 1. The van der Waals surface area contributed by atoms with Crippen LogP contribution in [0.25, 0.3) is 5.69 Å². The van der Waals surface area contributed by atoms with Crippen LogP contribution in [0.4, 0.5) is 0 Å². The lowest BCUT2D eigenvalue weighted by molar-refractivity contribution is 0.0938. The van der Waals surface area contributed by atoms with Crippen LogP contribution >= 0.6 is 0 Å². The molecule has 2 N–H and O–H groups in total. The predicted molar refractivity (Wildman–Crippen MR) is 73.2 cm³/mol. The Morgan fingerprint density at radius 2 is 2.05 bits per heavy atom. The normalized spacial score (nSPS) is 10.8. The smallest absolute Gasteiger partial charge is 0.0698 e. The summed E-state index contributed by atoms with van der Waals surface area (Å²) in [5.41, 5.74) is 2.28. The van der Waals surface area contributed by atoms with E-state index in [0.29, 0.717) is 13.2 Å². The van der Waals surface area contributed by atoms with Gasteiger partial charge < -0.3 is 15.2 Å². The topological polar surface area (TPSA) is 59.3 Å². The van der Waals surface area contributed by atoms with E-state index < -0.39 is 0 Å². The van der Waals surface area contributed by atoms with E-state index in [2.05, 4.69) is 22.5 Å². The second-order valence-corrected chi connectivity index (χ2v) is 4.13. The molecule has 0 fully saturated rings. The number of aliphatic hydroxyl groups excluding tert-OH is 1. The molecule has 0 unspecified atom stereocenters. The maximum Gasteiger partial charge on any atom is 0.0698 e. The largest absolute Gasteiger partial charge is 0.394 e. The van der Waals surface area contributed by atoms with Crippen LogP contribution in [0.3, 0.4) is 0 Å². The van der Waals surface area contributed by atoms with Gasteiger partial charge >= 0.3 is 0 Å². The monoisotopic (exact) mass is 261 g/mol. The minimum atomic E-state index is 0.0783. The molecule has 5 heteroatoms. The molecule has 0 saturated carbocycles. The Hall–Kier alpha value is -1.69. The highest BCUT2D eigenvalue weighted by Gasteiger charge is 1.97. The van der Waals surface area contributed by atoms with Gasteiger partial charge in [-0.15, -0.1) is 0 Å². The highest BCUT2D eigenvalue weighted by atomic mass is 16.5. The summed E-state index contributed by atoms with van der Waals surface area (Å²) in [6.07, 6.45) is 3.69. The van der Waals surface area contributed by atoms with Gasteiger partial charge in [0.25, 0.3) is 0 Å². The van der Waals surface area contributed by atoms with Crippen molar-refractivity contribution in [2.75, 3.05) is 26.4 Å². The van der Waals surface area contributed by atoms with Gasteiger partial charge in [-0.3, -0.25) is 0 Å². The average molecular weight is 261 g/mol. The summed E-state index contributed by atoms with van der Waals surface area (Å²) in [4.78, 5) is 0. The van der Waals surface area contributed by atoms with Gasteiger partial charge in [-0.25, -0.2) is 4.68 Å². The van der Waals surface area contributed by atoms with Gasteiger partial charge in [0.05, 0.1) is 25.5 Å². The molecule has 102 valence electrons. The molecule has 1 aromatic carbocycles. The van der Waals surface area contributed by atoms with Crippen LogP contribution in [-0.2, 0) is 11.3 Å². The maximum absolute atomic E-state index is 8.55. The molecule has 0 radical (unpaired) electrons. The summed E-state index contributed by atoms with van der Waals surface area (Å²) >= 11 is 0. The summed E-state index contributed by atoms with van der Waals surface area (Å²) in [6, 6.07) is 10.2. The number of rotatable bonds is 8. The lowest BCUT2D eigenvalue weighted by atomic mass is 10.2. The fourth-order valence-corrected chi connectivity index (χ4v) is 1.73. The fourth-order valence-electron chi connectivity index (χ4n) is 1.73. The lowest BCUT2D eigenvalue weighted by Gasteiger charge is -2.07. The Labute approximate surface area is 112 Å². The maximum atomic E-state index is 8.55. The first-order valence-corrected chi connectivity index (χ1v) is 6.38. The fraction of sp³-hybridized carbons (Fsp3) is 0.357. The lowest BCUT2D eigenvalue weighted by Crippen LogP contribution is -2.20. The number of benzene rings is 1. The third kappa shape index (κ3) is 4.48. The molecule has 2 rings (SSSR count). The molecular formula is C14H19N3O2. The Balaban J connectivity index is 1.73. The zero-order valence-corrected chi connectivity index (χ0v) is 10.8. The second kappa shape index (κ2) is 7.68. The number of hydrogen-bond acceptors (Lipinski definition) is 4. The van der Waals surface area contributed by atoms with Gasteiger partial charge in [0.2, 0.25) is 0 Å². The standard InChI is InChI=1S/C14H19N3O2/c18-9-11-19-10-7-15-12-13-2-4-14(5-3-13)17-8-1-6-16-17/h1-6,8,15,18H,7,9-12H2. The van der Waals surface area contributed by atoms with Gasteiger partial charge in [0.1, 0.15) is 0 Å². The van der Waals surface area contributed by atoms with Crippen molar-refractivity contribution in [2.24, 2.45) is 0 Å². The minimum absolute atomic E-state index is 0.0783. The Morgan fingerprint density at radius 1 is 1.21 bits per heavy atom. The quantitative estimate of drug-likeness (QED) is 0.695. The molecule has 0 bridgehead atoms. The molecule has 0 aliphatic carbocycles. The van der Waals surface area contributed by atoms with Gasteiger partial charge in [-0.1, -0.05) is 12.1 Å². The molecule has 5 nitrogen and oxygen atoms in total. The van der Waals surface area contributed by atoms with Crippen molar-refractivity contribution >= 4 is 0 Å². The summed E-state index contributed by atoms with van der Waals surface area (Å²) in [7, 11) is 0. The summed E-state index contributed by atoms with van der Waals surface area (Å²) in [5, 5.41) is 16.0. The van der Waals surface area contributed by atoms with E-state index in [9.17, 15) is 0 Å². The molecule has 0 amide bonds. The van der Waals surface area contributed by atoms with E-state index in [4.69, 9.17) is 9.84 Å². The number of hydrogen-bond donors (Lipinski definition) is 2. The van der Waals surface area contributed by atoms with Crippen LogP contribution in [0.15, 0.2) is 42.7 Å². The molecule has 19 heavy (non-hydrogen) atoms. The SMILES string of the molecule is OCCOCCNCc1ccc(-n2cccn2)cc1. The summed E-state index contributed by atoms with van der Waals surface area (Å²) in [5.74, 6) is 0. The molecule has 1 heterocycles. The van der Waals surface area contributed by atoms with E-state index >= 15 is 0 Å². The van der Waals surface area contributed by atoms with Crippen LogP contribution in [0.5, 0.6) is 0 Å². The van der Waals surface area contributed by atoms with Crippen molar-refractivity contribution in [1.29, 1.82) is 0 Å². The summed E-state index contributed by atoms with van der Waals surface area (Å²) < 4.78 is 7.00. The molecule has 1 aromatic heterocycles. The highest BCUT2D eigenvalue weighted by Crippen LogP contribution is 2.08. The first-order valence-electron chi connectivity index (χ1n) is 6.38. The van der Waals surface area contributed by atoms with E-state index in [-0.39, 0.29) is 6.61 Å². The van der Waals surface area contributed by atoms with Gasteiger partial charge in [0, 0.05) is 25.5 Å². The number of nitrogens with one attached hydrogen (secondary N) is 1.